The molecule has 2 heterocycles. The highest BCUT2D eigenvalue weighted by molar-refractivity contribution is 7.98. The van der Waals surface area contributed by atoms with Crippen molar-refractivity contribution in [3.63, 3.8) is 0 Å². The van der Waals surface area contributed by atoms with Crippen LogP contribution >= 0.6 is 11.8 Å². The normalized spacial score (nSPS) is 10.7. The fourth-order valence-electron chi connectivity index (χ4n) is 3.17. The van der Waals surface area contributed by atoms with Gasteiger partial charge in [0.15, 0.2) is 5.16 Å². The first-order chi connectivity index (χ1) is 15.0. The van der Waals surface area contributed by atoms with E-state index in [-0.39, 0.29) is 11.3 Å². The minimum absolute atomic E-state index is 0.161. The average Bonchev–Trinajstić information content (AvgIpc) is 3.18. The van der Waals surface area contributed by atoms with Crippen molar-refractivity contribution in [2.24, 2.45) is 0 Å². The second-order valence-electron chi connectivity index (χ2n) is 6.72. The summed E-state index contributed by atoms with van der Waals surface area (Å²) >= 11 is 1.32. The molecule has 0 amide bonds. The quantitative estimate of drug-likeness (QED) is 0.265. The lowest BCUT2D eigenvalue weighted by Gasteiger charge is -2.13. The van der Waals surface area contributed by atoms with Crippen molar-refractivity contribution in [1.82, 2.24) is 9.55 Å². The molecule has 0 fully saturated rings. The summed E-state index contributed by atoms with van der Waals surface area (Å²) in [6.45, 7) is 1.77. The number of aryl methyl sites for hydroxylation is 1. The van der Waals surface area contributed by atoms with Crippen molar-refractivity contribution in [3.05, 3.63) is 87.6 Å². The van der Waals surface area contributed by atoms with E-state index in [1.165, 1.54) is 23.4 Å². The Morgan fingerprint density at radius 3 is 2.68 bits per heavy atom. The summed E-state index contributed by atoms with van der Waals surface area (Å²) in [4.78, 5) is 29.7. The van der Waals surface area contributed by atoms with Gasteiger partial charge in [0.05, 0.1) is 41.1 Å². The van der Waals surface area contributed by atoms with Crippen LogP contribution in [0.4, 0.5) is 0 Å². The topological polar surface area (TPSA) is 98.1 Å². The maximum Gasteiger partial charge on any atom is 0.374 e. The molecule has 4 aromatic rings. The zero-order valence-corrected chi connectivity index (χ0v) is 17.6. The van der Waals surface area contributed by atoms with E-state index < -0.39 is 5.97 Å². The van der Waals surface area contributed by atoms with Gasteiger partial charge in [-0.1, -0.05) is 23.9 Å². The Kier molecular flexibility index (Phi) is 5.60. The van der Waals surface area contributed by atoms with Gasteiger partial charge in [-0.25, -0.2) is 9.78 Å². The van der Waals surface area contributed by atoms with Crippen LogP contribution in [0.25, 0.3) is 16.6 Å². The van der Waals surface area contributed by atoms with E-state index in [9.17, 15) is 9.59 Å². The number of carbonyl (C=O) groups excluding carboxylic acids is 1. The molecule has 2 aromatic heterocycles. The number of carbonyl (C=O) groups is 1. The molecule has 4 rings (SSSR count). The van der Waals surface area contributed by atoms with Crippen molar-refractivity contribution in [2.45, 2.75) is 17.8 Å². The Balaban J connectivity index is 1.76. The van der Waals surface area contributed by atoms with Crippen LogP contribution in [-0.4, -0.2) is 22.6 Å². The second-order valence-corrected chi connectivity index (χ2v) is 7.66. The minimum atomic E-state index is -0.535. The van der Waals surface area contributed by atoms with E-state index in [0.29, 0.717) is 44.4 Å². The summed E-state index contributed by atoms with van der Waals surface area (Å²) in [5.41, 5.74) is 2.17. The van der Waals surface area contributed by atoms with E-state index in [2.05, 4.69) is 11.1 Å². The predicted molar refractivity (Wildman–Crippen MR) is 116 cm³/mol. The molecular weight excluding hydrogens is 414 g/mol. The largest absolute Gasteiger partial charge is 0.463 e. The lowest BCUT2D eigenvalue weighted by molar-refractivity contribution is 0.0562. The molecule has 8 heteroatoms. The van der Waals surface area contributed by atoms with Crippen LogP contribution in [-0.2, 0) is 10.5 Å². The molecule has 2 aromatic carbocycles. The molecule has 0 aliphatic heterocycles. The van der Waals surface area contributed by atoms with E-state index >= 15 is 0 Å². The number of fused-ring (bicyclic) bond motifs is 1. The van der Waals surface area contributed by atoms with Gasteiger partial charge in [0.2, 0.25) is 5.76 Å². The summed E-state index contributed by atoms with van der Waals surface area (Å²) in [5.74, 6) is 0.552. The zero-order chi connectivity index (χ0) is 22.0. The third-order valence-electron chi connectivity index (χ3n) is 4.68. The number of esters is 1. The highest BCUT2D eigenvalue weighted by atomic mass is 32.2. The Morgan fingerprint density at radius 1 is 1.23 bits per heavy atom. The standard InChI is InChI=1S/C23H17N3O4S/c1-14-11-17(30-20(14)22(28)29-2)13-31-23-25-19-6-4-3-5-18(19)21(27)26(23)16-9-7-15(12-24)8-10-16/h3-11H,13H2,1-2H3. The summed E-state index contributed by atoms with van der Waals surface area (Å²) in [6, 6.07) is 17.7. The van der Waals surface area contributed by atoms with Gasteiger partial charge in [0.25, 0.3) is 5.56 Å². The van der Waals surface area contributed by atoms with E-state index in [0.717, 1.165) is 0 Å². The van der Waals surface area contributed by atoms with Crippen LogP contribution in [0, 0.1) is 18.3 Å². The van der Waals surface area contributed by atoms with Crippen LogP contribution in [0.3, 0.4) is 0 Å². The van der Waals surface area contributed by atoms with Gasteiger partial charge in [-0.3, -0.25) is 9.36 Å². The predicted octanol–water partition coefficient (Wildman–Crippen LogP) is 4.24. The number of para-hydroxylation sites is 1. The zero-order valence-electron chi connectivity index (χ0n) is 16.8. The Hall–Kier alpha value is -3.83. The summed E-state index contributed by atoms with van der Waals surface area (Å²) in [7, 11) is 1.30. The monoisotopic (exact) mass is 431 g/mol. The molecule has 0 aliphatic carbocycles. The first-order valence-electron chi connectivity index (χ1n) is 9.34. The van der Waals surface area contributed by atoms with Gasteiger partial charge >= 0.3 is 5.97 Å². The molecule has 0 N–H and O–H groups in total. The van der Waals surface area contributed by atoms with Gasteiger partial charge in [-0.15, -0.1) is 0 Å². The average molecular weight is 431 g/mol. The molecule has 0 radical (unpaired) electrons. The first-order valence-corrected chi connectivity index (χ1v) is 10.3. The van der Waals surface area contributed by atoms with Crippen LogP contribution < -0.4 is 5.56 Å². The van der Waals surface area contributed by atoms with Crippen molar-refractivity contribution < 1.29 is 13.9 Å². The number of hydrogen-bond acceptors (Lipinski definition) is 7. The van der Waals surface area contributed by atoms with Crippen molar-refractivity contribution in [2.75, 3.05) is 7.11 Å². The number of furan rings is 1. The van der Waals surface area contributed by atoms with E-state index in [4.69, 9.17) is 14.4 Å². The number of aromatic nitrogens is 2. The minimum Gasteiger partial charge on any atom is -0.463 e. The second kappa shape index (κ2) is 8.50. The van der Waals surface area contributed by atoms with Gasteiger partial charge in [0.1, 0.15) is 5.76 Å². The molecule has 0 atom stereocenters. The van der Waals surface area contributed by atoms with E-state index in [1.807, 2.05) is 6.07 Å². The summed E-state index contributed by atoms with van der Waals surface area (Å²) < 4.78 is 11.9. The van der Waals surface area contributed by atoms with Gasteiger partial charge in [0, 0.05) is 5.56 Å². The first kappa shape index (κ1) is 20.4. The third kappa shape index (κ3) is 3.96. The van der Waals surface area contributed by atoms with Crippen LogP contribution in [0.5, 0.6) is 0 Å². The molecule has 0 spiro atoms. The van der Waals surface area contributed by atoms with Crippen LogP contribution in [0.15, 0.2) is 69.0 Å². The Morgan fingerprint density at radius 2 is 1.97 bits per heavy atom. The van der Waals surface area contributed by atoms with Crippen LogP contribution in [0.2, 0.25) is 0 Å². The summed E-state index contributed by atoms with van der Waals surface area (Å²) in [6.07, 6.45) is 0. The number of ether oxygens (including phenoxy) is 1. The van der Waals surface area contributed by atoms with Crippen molar-refractivity contribution >= 4 is 28.6 Å². The van der Waals surface area contributed by atoms with Crippen molar-refractivity contribution in [1.29, 1.82) is 5.26 Å². The van der Waals surface area contributed by atoms with Gasteiger partial charge < -0.3 is 9.15 Å². The third-order valence-corrected chi connectivity index (χ3v) is 5.64. The number of methoxy groups -OCH3 is 1. The maximum absolute atomic E-state index is 13.3. The number of hydrogen-bond donors (Lipinski definition) is 0. The van der Waals surface area contributed by atoms with Crippen LogP contribution in [0.1, 0.15) is 27.4 Å². The molecule has 0 saturated heterocycles. The lowest BCUT2D eigenvalue weighted by Crippen LogP contribution is -2.21. The fraction of sp³-hybridized carbons (Fsp3) is 0.130. The fourth-order valence-corrected chi connectivity index (χ4v) is 4.07. The molecule has 0 unspecified atom stereocenters. The highest BCUT2D eigenvalue weighted by Gasteiger charge is 2.18. The molecule has 154 valence electrons. The molecule has 31 heavy (non-hydrogen) atoms. The van der Waals surface area contributed by atoms with Crippen molar-refractivity contribution in [3.8, 4) is 11.8 Å². The van der Waals surface area contributed by atoms with Gasteiger partial charge in [-0.05, 0) is 49.4 Å². The molecule has 7 nitrogen and oxygen atoms in total. The SMILES string of the molecule is COC(=O)c1oc(CSc2nc3ccccc3c(=O)n2-c2ccc(C#N)cc2)cc1C. The lowest BCUT2D eigenvalue weighted by atomic mass is 10.2. The maximum atomic E-state index is 13.3. The Bertz CT molecular complexity index is 1380. The number of nitriles is 1. The Labute approximate surface area is 181 Å². The summed E-state index contributed by atoms with van der Waals surface area (Å²) in [5, 5.41) is 10.0. The smallest absolute Gasteiger partial charge is 0.374 e. The molecule has 0 bridgehead atoms. The highest BCUT2D eigenvalue weighted by Crippen LogP contribution is 2.27. The van der Waals surface area contributed by atoms with Gasteiger partial charge in [-0.2, -0.15) is 5.26 Å². The number of rotatable bonds is 5. The molecule has 0 aliphatic rings. The number of thioether (sulfide) groups is 1. The molecule has 0 saturated carbocycles. The number of benzene rings is 2. The molecular formula is C23H17N3O4S. The number of nitrogens with zero attached hydrogens (tertiary/aromatic N) is 3. The van der Waals surface area contributed by atoms with E-state index in [1.54, 1.807) is 55.5 Å².